The lowest BCUT2D eigenvalue weighted by Gasteiger charge is -2.32. The lowest BCUT2D eigenvalue weighted by Crippen LogP contribution is -2.42. The van der Waals surface area contributed by atoms with Crippen molar-refractivity contribution in [2.45, 2.75) is 19.3 Å². The summed E-state index contributed by atoms with van der Waals surface area (Å²) in [5, 5.41) is 3.06. The van der Waals surface area contributed by atoms with Crippen LogP contribution in [0.1, 0.15) is 18.5 Å². The summed E-state index contributed by atoms with van der Waals surface area (Å²) in [6, 6.07) is 5.68. The second kappa shape index (κ2) is 8.60. The molecule has 1 amide bonds. The number of rotatable bonds is 6. The summed E-state index contributed by atoms with van der Waals surface area (Å²) in [7, 11) is 1.83. The average molecular weight is 358 g/mol. The first-order valence-corrected chi connectivity index (χ1v) is 8.79. The van der Waals surface area contributed by atoms with Crippen molar-refractivity contribution in [1.82, 2.24) is 14.9 Å². The van der Waals surface area contributed by atoms with Crippen molar-refractivity contribution < 1.29 is 13.9 Å². The number of likely N-dealkylation sites (tertiary alicyclic amines) is 1. The van der Waals surface area contributed by atoms with Crippen molar-refractivity contribution in [3.63, 3.8) is 0 Å². The van der Waals surface area contributed by atoms with E-state index in [-0.39, 0.29) is 18.3 Å². The molecule has 0 unspecified atom stereocenters. The Labute approximate surface area is 152 Å². The van der Waals surface area contributed by atoms with Gasteiger partial charge in [0, 0.05) is 32.5 Å². The normalized spacial score (nSPS) is 17.0. The van der Waals surface area contributed by atoms with Gasteiger partial charge in [0.2, 0.25) is 0 Å². The van der Waals surface area contributed by atoms with E-state index in [0.29, 0.717) is 18.2 Å². The Morgan fingerprint density at radius 3 is 2.85 bits per heavy atom. The van der Waals surface area contributed by atoms with Gasteiger partial charge in [-0.05, 0) is 49.4 Å². The Bertz CT molecular complexity index is 739. The zero-order valence-corrected chi connectivity index (χ0v) is 14.8. The highest BCUT2D eigenvalue weighted by Crippen LogP contribution is 2.22. The van der Waals surface area contributed by atoms with Crippen molar-refractivity contribution in [2.75, 3.05) is 32.1 Å². The molecule has 1 aliphatic rings. The van der Waals surface area contributed by atoms with E-state index < -0.39 is 0 Å². The maximum absolute atomic E-state index is 12.9. The van der Waals surface area contributed by atoms with E-state index >= 15 is 0 Å². The van der Waals surface area contributed by atoms with Crippen LogP contribution in [0.4, 0.5) is 10.2 Å². The molecular formula is C19H23FN4O2. The first-order chi connectivity index (χ1) is 12.7. The van der Waals surface area contributed by atoms with E-state index in [1.54, 1.807) is 12.4 Å². The number of anilines is 1. The molecule has 0 bridgehead atoms. The third kappa shape index (κ3) is 4.68. The highest BCUT2D eigenvalue weighted by atomic mass is 19.1. The molecule has 3 rings (SSSR count). The number of hydrogen-bond acceptors (Lipinski definition) is 5. The van der Waals surface area contributed by atoms with Crippen molar-refractivity contribution in [1.29, 1.82) is 0 Å². The third-order valence-corrected chi connectivity index (χ3v) is 4.54. The Balaban J connectivity index is 1.54. The van der Waals surface area contributed by atoms with Crippen LogP contribution in [0.5, 0.6) is 5.75 Å². The summed E-state index contributed by atoms with van der Waals surface area (Å²) in [4.78, 5) is 23.0. The number of aromatic nitrogens is 2. The number of halogens is 1. The van der Waals surface area contributed by atoms with Gasteiger partial charge in [0.05, 0.1) is 5.69 Å². The number of carbonyl (C=O) groups is 1. The smallest absolute Gasteiger partial charge is 0.260 e. The number of hydrogen-bond donors (Lipinski definition) is 1. The van der Waals surface area contributed by atoms with E-state index in [9.17, 15) is 9.18 Å². The van der Waals surface area contributed by atoms with Crippen molar-refractivity contribution >= 4 is 11.7 Å². The minimum atomic E-state index is -0.326. The Morgan fingerprint density at radius 1 is 1.31 bits per heavy atom. The Kier molecular flexibility index (Phi) is 5.99. The van der Waals surface area contributed by atoms with Crippen LogP contribution in [0.3, 0.4) is 0 Å². The zero-order valence-electron chi connectivity index (χ0n) is 14.8. The molecular weight excluding hydrogens is 335 g/mol. The largest absolute Gasteiger partial charge is 0.484 e. The van der Waals surface area contributed by atoms with Gasteiger partial charge in [-0.15, -0.1) is 0 Å². The number of ether oxygens (including phenoxy) is 1. The molecule has 6 nitrogen and oxygen atoms in total. The molecule has 1 fully saturated rings. The Morgan fingerprint density at radius 2 is 2.08 bits per heavy atom. The molecule has 0 spiro atoms. The molecule has 1 aromatic heterocycles. The summed E-state index contributed by atoms with van der Waals surface area (Å²) < 4.78 is 18.4. The lowest BCUT2D eigenvalue weighted by molar-refractivity contribution is -0.135. The molecule has 1 N–H and O–H groups in total. The molecule has 2 heterocycles. The maximum Gasteiger partial charge on any atom is 0.260 e. The van der Waals surface area contributed by atoms with E-state index in [4.69, 9.17) is 4.74 Å². The van der Waals surface area contributed by atoms with Crippen LogP contribution in [0, 0.1) is 11.7 Å². The van der Waals surface area contributed by atoms with Crippen LogP contribution in [0.15, 0.2) is 36.7 Å². The van der Waals surface area contributed by atoms with E-state index in [2.05, 4.69) is 15.3 Å². The fraction of sp³-hybridized carbons (Fsp3) is 0.421. The SMILES string of the molecule is CNc1nccnc1C[C@H]1CCCN(C(=O)COc2ccc(F)cc2)C1. The zero-order chi connectivity index (χ0) is 18.4. The topological polar surface area (TPSA) is 67.4 Å². The van der Waals surface area contributed by atoms with Gasteiger partial charge in [-0.2, -0.15) is 0 Å². The average Bonchev–Trinajstić information content (AvgIpc) is 2.68. The first kappa shape index (κ1) is 18.1. The predicted molar refractivity (Wildman–Crippen MR) is 96.5 cm³/mol. The van der Waals surface area contributed by atoms with Gasteiger partial charge in [0.1, 0.15) is 17.4 Å². The summed E-state index contributed by atoms with van der Waals surface area (Å²) >= 11 is 0. The van der Waals surface area contributed by atoms with Gasteiger partial charge in [0.15, 0.2) is 6.61 Å². The maximum atomic E-state index is 12.9. The van der Waals surface area contributed by atoms with Crippen LogP contribution in [-0.2, 0) is 11.2 Å². The van der Waals surface area contributed by atoms with Crippen LogP contribution < -0.4 is 10.1 Å². The standard InChI is InChI=1S/C19H23FN4O2/c1-21-19-17(22-8-9-23-19)11-14-3-2-10-24(12-14)18(25)13-26-16-6-4-15(20)5-7-16/h4-9,14H,2-3,10-13H2,1H3,(H,21,23)/t14-/m1/s1. The number of piperidine rings is 1. The van der Waals surface area contributed by atoms with Crippen LogP contribution in [0.2, 0.25) is 0 Å². The summed E-state index contributed by atoms with van der Waals surface area (Å²) in [5.74, 6) is 1.25. The van der Waals surface area contributed by atoms with Crippen molar-refractivity contribution in [3.05, 3.63) is 48.2 Å². The van der Waals surface area contributed by atoms with E-state index in [0.717, 1.165) is 37.3 Å². The van der Waals surface area contributed by atoms with Crippen LogP contribution in [-0.4, -0.2) is 47.5 Å². The molecule has 1 atom stereocenters. The monoisotopic (exact) mass is 358 g/mol. The third-order valence-electron chi connectivity index (χ3n) is 4.54. The van der Waals surface area contributed by atoms with Crippen molar-refractivity contribution in [2.24, 2.45) is 5.92 Å². The molecule has 1 aliphatic heterocycles. The van der Waals surface area contributed by atoms with Gasteiger partial charge in [0.25, 0.3) is 5.91 Å². The molecule has 0 saturated carbocycles. The molecule has 0 aliphatic carbocycles. The first-order valence-electron chi connectivity index (χ1n) is 8.79. The highest BCUT2D eigenvalue weighted by Gasteiger charge is 2.25. The van der Waals surface area contributed by atoms with Gasteiger partial charge >= 0.3 is 0 Å². The fourth-order valence-electron chi connectivity index (χ4n) is 3.22. The molecule has 2 aromatic rings. The molecule has 26 heavy (non-hydrogen) atoms. The van der Waals surface area contributed by atoms with Gasteiger partial charge < -0.3 is 15.0 Å². The number of nitrogens with one attached hydrogen (secondary N) is 1. The molecule has 1 aromatic carbocycles. The second-order valence-corrected chi connectivity index (χ2v) is 6.40. The van der Waals surface area contributed by atoms with Gasteiger partial charge in [-0.1, -0.05) is 0 Å². The quantitative estimate of drug-likeness (QED) is 0.859. The Hall–Kier alpha value is -2.70. The fourth-order valence-corrected chi connectivity index (χ4v) is 3.22. The molecule has 7 heteroatoms. The summed E-state index contributed by atoms with van der Waals surface area (Å²) in [6.07, 6.45) is 6.16. The lowest BCUT2D eigenvalue weighted by atomic mass is 9.93. The number of amides is 1. The van der Waals surface area contributed by atoms with E-state index in [1.807, 2.05) is 11.9 Å². The molecule has 138 valence electrons. The predicted octanol–water partition coefficient (Wildman–Crippen LogP) is 2.52. The summed E-state index contributed by atoms with van der Waals surface area (Å²) in [5.41, 5.74) is 0.928. The minimum absolute atomic E-state index is 0.0364. The number of benzene rings is 1. The van der Waals surface area contributed by atoms with E-state index in [1.165, 1.54) is 24.3 Å². The highest BCUT2D eigenvalue weighted by molar-refractivity contribution is 5.77. The second-order valence-electron chi connectivity index (χ2n) is 6.40. The number of nitrogens with zero attached hydrogens (tertiary/aromatic N) is 3. The van der Waals surface area contributed by atoms with Crippen molar-refractivity contribution in [3.8, 4) is 5.75 Å². The van der Waals surface area contributed by atoms with Crippen LogP contribution >= 0.6 is 0 Å². The van der Waals surface area contributed by atoms with Gasteiger partial charge in [-0.3, -0.25) is 9.78 Å². The minimum Gasteiger partial charge on any atom is -0.484 e. The number of carbonyl (C=O) groups excluding carboxylic acids is 1. The summed E-state index contributed by atoms with van der Waals surface area (Å²) in [6.45, 7) is 1.39. The van der Waals surface area contributed by atoms with Crippen LogP contribution in [0.25, 0.3) is 0 Å². The van der Waals surface area contributed by atoms with Gasteiger partial charge in [-0.25, -0.2) is 9.37 Å². The molecule has 1 saturated heterocycles. The molecule has 0 radical (unpaired) electrons.